The average Bonchev–Trinajstić information content (AvgIpc) is 3.01. The van der Waals surface area contributed by atoms with E-state index in [1.165, 1.54) is 4.90 Å². The Bertz CT molecular complexity index is 839. The second kappa shape index (κ2) is 8.72. The van der Waals surface area contributed by atoms with Crippen molar-refractivity contribution in [1.29, 1.82) is 0 Å². The number of benzene rings is 2. The van der Waals surface area contributed by atoms with Crippen LogP contribution in [0.25, 0.3) is 11.1 Å². The molecule has 2 aliphatic rings. The van der Waals surface area contributed by atoms with Gasteiger partial charge in [-0.3, -0.25) is 14.5 Å². The van der Waals surface area contributed by atoms with Gasteiger partial charge in [0.2, 0.25) is 0 Å². The first kappa shape index (κ1) is 19.6. The van der Waals surface area contributed by atoms with Crippen LogP contribution in [0.4, 0.5) is 0 Å². The lowest BCUT2D eigenvalue weighted by atomic mass is 9.96. The van der Waals surface area contributed by atoms with Gasteiger partial charge >= 0.3 is 0 Å². The summed E-state index contributed by atoms with van der Waals surface area (Å²) in [5, 5.41) is 0. The highest BCUT2D eigenvalue weighted by Crippen LogP contribution is 2.35. The van der Waals surface area contributed by atoms with Crippen LogP contribution in [0.1, 0.15) is 17.5 Å². The van der Waals surface area contributed by atoms with Gasteiger partial charge in [-0.15, -0.1) is 0 Å². The van der Waals surface area contributed by atoms with Crippen molar-refractivity contribution in [2.45, 2.75) is 6.42 Å². The van der Waals surface area contributed by atoms with Crippen molar-refractivity contribution in [2.24, 2.45) is 0 Å². The third kappa shape index (κ3) is 4.16. The number of imide groups is 1. The molecule has 5 nitrogen and oxygen atoms in total. The minimum atomic E-state index is -0.182. The van der Waals surface area contributed by atoms with E-state index in [1.54, 1.807) is 0 Å². The first-order valence-electron chi connectivity index (χ1n) is 10.3. The highest BCUT2D eigenvalue weighted by Gasteiger charge is 2.39. The number of amides is 2. The Kier molecular flexibility index (Phi) is 5.88. The Balaban J connectivity index is 1.53. The molecule has 0 saturated carbocycles. The van der Waals surface area contributed by atoms with Gasteiger partial charge in [0.15, 0.2) is 0 Å². The minimum absolute atomic E-state index is 0.182. The number of hydrogen-bond donors (Lipinski definition) is 0. The van der Waals surface area contributed by atoms with Gasteiger partial charge in [0, 0.05) is 32.7 Å². The molecule has 4 rings (SSSR count). The maximum atomic E-state index is 13.3. The van der Waals surface area contributed by atoms with Gasteiger partial charge in [-0.1, -0.05) is 60.7 Å². The molecule has 2 heterocycles. The molecule has 1 fully saturated rings. The molecule has 2 amide bonds. The number of carbonyl (C=O) groups excluding carboxylic acids is 2. The van der Waals surface area contributed by atoms with E-state index in [-0.39, 0.29) is 11.8 Å². The molecule has 0 aromatic heterocycles. The van der Waals surface area contributed by atoms with Crippen LogP contribution in [0, 0.1) is 0 Å². The number of rotatable bonds is 6. The van der Waals surface area contributed by atoms with Crippen LogP contribution >= 0.6 is 0 Å². The lowest BCUT2D eigenvalue weighted by Crippen LogP contribution is -2.45. The van der Waals surface area contributed by atoms with Crippen LogP contribution < -0.4 is 0 Å². The van der Waals surface area contributed by atoms with Gasteiger partial charge in [-0.05, 0) is 31.1 Å². The van der Waals surface area contributed by atoms with Crippen molar-refractivity contribution < 1.29 is 9.59 Å². The first-order valence-corrected chi connectivity index (χ1v) is 10.3. The lowest BCUT2D eigenvalue weighted by Gasteiger charge is -2.32. The molecule has 0 aliphatic carbocycles. The van der Waals surface area contributed by atoms with E-state index < -0.39 is 0 Å². The van der Waals surface area contributed by atoms with Gasteiger partial charge < -0.3 is 9.80 Å². The zero-order valence-corrected chi connectivity index (χ0v) is 16.9. The Morgan fingerprint density at radius 1 is 0.690 bits per heavy atom. The number of likely N-dealkylation sites (N-methyl/N-ethyl adjacent to an activating group) is 1. The topological polar surface area (TPSA) is 43.9 Å². The molecule has 5 heteroatoms. The largest absolute Gasteiger partial charge is 0.304 e. The van der Waals surface area contributed by atoms with Crippen LogP contribution in [-0.2, 0) is 9.59 Å². The molecule has 0 radical (unpaired) electrons. The molecule has 0 unspecified atom stereocenters. The average molecular weight is 389 g/mol. The van der Waals surface area contributed by atoms with Crippen molar-refractivity contribution in [2.75, 3.05) is 46.3 Å². The minimum Gasteiger partial charge on any atom is -0.304 e. The van der Waals surface area contributed by atoms with E-state index in [4.69, 9.17) is 0 Å². The van der Waals surface area contributed by atoms with Crippen molar-refractivity contribution >= 4 is 23.0 Å². The predicted octanol–water partition coefficient (Wildman–Crippen LogP) is 2.60. The zero-order valence-electron chi connectivity index (χ0n) is 16.9. The predicted molar refractivity (Wildman–Crippen MR) is 115 cm³/mol. The highest BCUT2D eigenvalue weighted by molar-refractivity contribution is 6.48. The summed E-state index contributed by atoms with van der Waals surface area (Å²) in [7, 11) is 2.14. The third-order valence-corrected chi connectivity index (χ3v) is 5.74. The molecule has 2 aromatic carbocycles. The fourth-order valence-electron chi connectivity index (χ4n) is 4.05. The van der Waals surface area contributed by atoms with Gasteiger partial charge in [-0.2, -0.15) is 0 Å². The molecule has 150 valence electrons. The molecule has 29 heavy (non-hydrogen) atoms. The standard InChI is InChI=1S/C24H27N3O2/c1-25-15-17-26(18-16-25)13-8-14-27-23(28)21(19-9-4-2-5-10-19)22(24(27)29)20-11-6-3-7-12-20/h2-7,9-12H,8,13-18H2,1H3. The van der Waals surface area contributed by atoms with Crippen molar-refractivity contribution in [3.8, 4) is 0 Å². The van der Waals surface area contributed by atoms with E-state index in [0.29, 0.717) is 17.7 Å². The number of carbonyl (C=O) groups is 2. The van der Waals surface area contributed by atoms with E-state index >= 15 is 0 Å². The summed E-state index contributed by atoms with van der Waals surface area (Å²) < 4.78 is 0. The van der Waals surface area contributed by atoms with Gasteiger partial charge in [0.05, 0.1) is 11.1 Å². The summed E-state index contributed by atoms with van der Waals surface area (Å²) in [4.78, 5) is 32.7. The monoisotopic (exact) mass is 389 g/mol. The molecular weight excluding hydrogens is 362 g/mol. The summed E-state index contributed by atoms with van der Waals surface area (Å²) in [6.07, 6.45) is 0.797. The zero-order chi connectivity index (χ0) is 20.2. The smallest absolute Gasteiger partial charge is 0.262 e. The summed E-state index contributed by atoms with van der Waals surface area (Å²) in [6, 6.07) is 19.0. The normalized spacial score (nSPS) is 18.7. The lowest BCUT2D eigenvalue weighted by molar-refractivity contribution is -0.136. The molecule has 2 aliphatic heterocycles. The molecule has 0 bridgehead atoms. The van der Waals surface area contributed by atoms with Crippen molar-refractivity contribution in [3.63, 3.8) is 0 Å². The van der Waals surface area contributed by atoms with E-state index in [9.17, 15) is 9.59 Å². The SMILES string of the molecule is CN1CCN(CCCN2C(=O)C(c3ccccc3)=C(c3ccccc3)C2=O)CC1. The van der Waals surface area contributed by atoms with Crippen LogP contribution in [-0.4, -0.2) is 72.8 Å². The Labute approximate surface area is 172 Å². The van der Waals surface area contributed by atoms with Crippen LogP contribution in [0.15, 0.2) is 60.7 Å². The summed E-state index contributed by atoms with van der Waals surface area (Å²) in [5.41, 5.74) is 2.63. The molecule has 0 spiro atoms. The molecule has 0 atom stereocenters. The molecule has 0 N–H and O–H groups in total. The van der Waals surface area contributed by atoms with E-state index in [1.807, 2.05) is 60.7 Å². The van der Waals surface area contributed by atoms with Crippen molar-refractivity contribution in [1.82, 2.24) is 14.7 Å². The number of piperazine rings is 1. The summed E-state index contributed by atoms with van der Waals surface area (Å²) >= 11 is 0. The number of hydrogen-bond acceptors (Lipinski definition) is 4. The highest BCUT2D eigenvalue weighted by atomic mass is 16.2. The van der Waals surface area contributed by atoms with E-state index in [2.05, 4.69) is 16.8 Å². The van der Waals surface area contributed by atoms with Gasteiger partial charge in [0.25, 0.3) is 11.8 Å². The Morgan fingerprint density at radius 2 is 1.17 bits per heavy atom. The molecular formula is C24H27N3O2. The van der Waals surface area contributed by atoms with Gasteiger partial charge in [0.1, 0.15) is 0 Å². The maximum absolute atomic E-state index is 13.3. The van der Waals surface area contributed by atoms with Crippen LogP contribution in [0.2, 0.25) is 0 Å². The molecule has 1 saturated heterocycles. The first-order chi connectivity index (χ1) is 14.1. The maximum Gasteiger partial charge on any atom is 0.262 e. The number of nitrogens with zero attached hydrogens (tertiary/aromatic N) is 3. The summed E-state index contributed by atoms with van der Waals surface area (Å²) in [5.74, 6) is -0.364. The third-order valence-electron chi connectivity index (χ3n) is 5.74. The van der Waals surface area contributed by atoms with Crippen molar-refractivity contribution in [3.05, 3.63) is 71.8 Å². The quantitative estimate of drug-likeness (QED) is 0.713. The Morgan fingerprint density at radius 3 is 1.66 bits per heavy atom. The fraction of sp³-hybridized carbons (Fsp3) is 0.333. The fourth-order valence-corrected chi connectivity index (χ4v) is 4.05. The van der Waals surface area contributed by atoms with Gasteiger partial charge in [-0.25, -0.2) is 0 Å². The summed E-state index contributed by atoms with van der Waals surface area (Å²) in [6.45, 7) is 5.59. The molecule has 2 aromatic rings. The van der Waals surface area contributed by atoms with Crippen LogP contribution in [0.5, 0.6) is 0 Å². The van der Waals surface area contributed by atoms with E-state index in [0.717, 1.165) is 50.3 Å². The second-order valence-corrected chi connectivity index (χ2v) is 7.74. The van der Waals surface area contributed by atoms with Crippen LogP contribution in [0.3, 0.4) is 0 Å². The Hall–Kier alpha value is -2.76. The second-order valence-electron chi connectivity index (χ2n) is 7.74.